The first kappa shape index (κ1) is 15.1. The summed E-state index contributed by atoms with van der Waals surface area (Å²) in [5.41, 5.74) is 1.11. The molecule has 2 heterocycles. The third-order valence-corrected chi connectivity index (χ3v) is 7.21. The van der Waals surface area contributed by atoms with Crippen molar-refractivity contribution in [1.29, 1.82) is 0 Å². The molecule has 1 aliphatic carbocycles. The van der Waals surface area contributed by atoms with E-state index in [-0.39, 0.29) is 4.90 Å². The largest absolute Gasteiger partial charge is 0.308 e. The van der Waals surface area contributed by atoms with Crippen molar-refractivity contribution in [1.82, 2.24) is 19.8 Å². The van der Waals surface area contributed by atoms with Gasteiger partial charge >= 0.3 is 0 Å². The van der Waals surface area contributed by atoms with E-state index in [1.807, 2.05) is 0 Å². The third kappa shape index (κ3) is 3.20. The van der Waals surface area contributed by atoms with Gasteiger partial charge in [-0.2, -0.15) is 9.40 Å². The Morgan fingerprint density at radius 1 is 1.38 bits per heavy atom. The second-order valence-corrected chi connectivity index (χ2v) is 9.10. The summed E-state index contributed by atoms with van der Waals surface area (Å²) >= 11 is 0. The molecule has 1 saturated carbocycles. The number of aromatic amines is 1. The third-order valence-electron chi connectivity index (χ3n) is 3.83. The minimum atomic E-state index is -3.57. The molecule has 9 heteroatoms. The van der Waals surface area contributed by atoms with E-state index in [1.54, 1.807) is 6.92 Å². The van der Waals surface area contributed by atoms with Gasteiger partial charge in [0.05, 0.1) is 11.4 Å². The molecule has 1 saturated heterocycles. The zero-order chi connectivity index (χ0) is 15.0. The summed E-state index contributed by atoms with van der Waals surface area (Å²) in [6.07, 6.45) is 2.28. The van der Waals surface area contributed by atoms with E-state index in [9.17, 15) is 12.6 Å². The van der Waals surface area contributed by atoms with Crippen LogP contribution in [0.25, 0.3) is 0 Å². The average molecular weight is 332 g/mol. The number of nitrogens with one attached hydrogen (secondary N) is 2. The Hall–Kier alpha value is -0.770. The molecule has 118 valence electrons. The maximum absolute atomic E-state index is 12.8. The number of H-pyrrole nitrogens is 1. The highest BCUT2D eigenvalue weighted by Gasteiger charge is 2.33. The first-order valence-corrected chi connectivity index (χ1v) is 10.0. The number of aryl methyl sites for hydroxylation is 1. The van der Waals surface area contributed by atoms with Crippen LogP contribution >= 0.6 is 0 Å². The van der Waals surface area contributed by atoms with Crippen molar-refractivity contribution in [3.8, 4) is 0 Å². The van der Waals surface area contributed by atoms with E-state index >= 15 is 0 Å². The molecule has 1 aliphatic heterocycles. The Bertz CT molecular complexity index is 641. The molecule has 0 atom stereocenters. The van der Waals surface area contributed by atoms with Crippen LogP contribution in [0.5, 0.6) is 0 Å². The fraction of sp³-hybridized carbons (Fsp3) is 0.750. The summed E-state index contributed by atoms with van der Waals surface area (Å²) in [6.45, 7) is 2.82. The molecule has 21 heavy (non-hydrogen) atoms. The van der Waals surface area contributed by atoms with Crippen LogP contribution in [-0.4, -0.2) is 57.8 Å². The summed E-state index contributed by atoms with van der Waals surface area (Å²) in [5, 5.41) is 10.2. The van der Waals surface area contributed by atoms with Crippen molar-refractivity contribution in [2.24, 2.45) is 0 Å². The van der Waals surface area contributed by atoms with Gasteiger partial charge in [0.25, 0.3) is 0 Å². The Labute approximate surface area is 127 Å². The highest BCUT2D eigenvalue weighted by molar-refractivity contribution is 7.89. The van der Waals surface area contributed by atoms with Gasteiger partial charge in [0.15, 0.2) is 0 Å². The highest BCUT2D eigenvalue weighted by Crippen LogP contribution is 2.25. The second kappa shape index (κ2) is 5.79. The lowest BCUT2D eigenvalue weighted by Gasteiger charge is -2.25. The number of sulfonamides is 1. The Kier molecular flexibility index (Phi) is 4.17. The number of hydrogen-bond donors (Lipinski definition) is 2. The zero-order valence-electron chi connectivity index (χ0n) is 12.0. The predicted octanol–water partition coefficient (Wildman–Crippen LogP) is -0.277. The van der Waals surface area contributed by atoms with Gasteiger partial charge in [-0.05, 0) is 19.8 Å². The van der Waals surface area contributed by atoms with Crippen LogP contribution in [0, 0.1) is 6.92 Å². The second-order valence-electron chi connectivity index (χ2n) is 5.53. The maximum Gasteiger partial charge on any atom is 0.246 e. The van der Waals surface area contributed by atoms with Crippen LogP contribution in [0.4, 0.5) is 0 Å². The molecule has 1 aromatic heterocycles. The van der Waals surface area contributed by atoms with Crippen LogP contribution in [0.3, 0.4) is 0 Å². The molecule has 7 nitrogen and oxygen atoms in total. The van der Waals surface area contributed by atoms with Crippen LogP contribution in [0.15, 0.2) is 4.90 Å². The van der Waals surface area contributed by atoms with Crippen molar-refractivity contribution in [2.75, 3.05) is 24.6 Å². The van der Waals surface area contributed by atoms with Crippen molar-refractivity contribution in [3.05, 3.63) is 11.4 Å². The van der Waals surface area contributed by atoms with E-state index in [1.165, 1.54) is 4.31 Å². The maximum atomic E-state index is 12.8. The minimum absolute atomic E-state index is 0.281. The van der Waals surface area contributed by atoms with Crippen molar-refractivity contribution in [2.45, 2.75) is 37.2 Å². The smallest absolute Gasteiger partial charge is 0.246 e. The Balaban J connectivity index is 1.83. The standard InChI is InChI=1S/C12H20N4O3S2/c1-9-12(11(15-14-9)8-13-10-2-3-10)21(18,19)16-4-6-20(17)7-5-16/h10,13H,2-8H2,1H3,(H,14,15). The van der Waals surface area contributed by atoms with Crippen molar-refractivity contribution < 1.29 is 12.6 Å². The van der Waals surface area contributed by atoms with Gasteiger partial charge in [0, 0.05) is 48.0 Å². The van der Waals surface area contributed by atoms with Crippen LogP contribution in [0.1, 0.15) is 24.2 Å². The summed E-state index contributed by atoms with van der Waals surface area (Å²) < 4.78 is 38.4. The number of nitrogens with zero attached hydrogens (tertiary/aromatic N) is 2. The summed E-state index contributed by atoms with van der Waals surface area (Å²) in [5.74, 6) is 0.817. The molecule has 3 rings (SSSR count). The van der Waals surface area contributed by atoms with Crippen LogP contribution in [0.2, 0.25) is 0 Å². The van der Waals surface area contributed by atoms with Gasteiger partial charge in [-0.3, -0.25) is 9.31 Å². The molecular formula is C12H20N4O3S2. The molecule has 0 unspecified atom stereocenters. The zero-order valence-corrected chi connectivity index (χ0v) is 13.6. The number of aromatic nitrogens is 2. The molecule has 1 aromatic rings. The monoisotopic (exact) mass is 332 g/mol. The lowest BCUT2D eigenvalue weighted by molar-refractivity contribution is 0.437. The minimum Gasteiger partial charge on any atom is -0.308 e. The molecular weight excluding hydrogens is 312 g/mol. The number of hydrogen-bond acceptors (Lipinski definition) is 5. The van der Waals surface area contributed by atoms with E-state index in [0.717, 1.165) is 12.8 Å². The topological polar surface area (TPSA) is 95.2 Å². The summed E-state index contributed by atoms with van der Waals surface area (Å²) in [6, 6.07) is 0.495. The predicted molar refractivity (Wildman–Crippen MR) is 79.8 cm³/mol. The van der Waals surface area contributed by atoms with E-state index in [2.05, 4.69) is 15.5 Å². The first-order valence-electron chi connectivity index (χ1n) is 7.11. The molecule has 0 aromatic carbocycles. The van der Waals surface area contributed by atoms with E-state index < -0.39 is 20.8 Å². The molecule has 2 N–H and O–H groups in total. The van der Waals surface area contributed by atoms with Gasteiger partial charge in [0.2, 0.25) is 10.0 Å². The van der Waals surface area contributed by atoms with Gasteiger partial charge < -0.3 is 5.32 Å². The van der Waals surface area contributed by atoms with Crippen LogP contribution in [-0.2, 0) is 27.4 Å². The molecule has 0 radical (unpaired) electrons. The SMILES string of the molecule is Cc1[nH]nc(CNC2CC2)c1S(=O)(=O)N1CCS(=O)CC1. The fourth-order valence-electron chi connectivity index (χ4n) is 2.45. The Morgan fingerprint density at radius 3 is 2.67 bits per heavy atom. The summed E-state index contributed by atoms with van der Waals surface area (Å²) in [4.78, 5) is 0.281. The van der Waals surface area contributed by atoms with Crippen molar-refractivity contribution in [3.63, 3.8) is 0 Å². The van der Waals surface area contributed by atoms with Gasteiger partial charge in [-0.25, -0.2) is 8.42 Å². The average Bonchev–Trinajstić information content (AvgIpc) is 3.19. The highest BCUT2D eigenvalue weighted by atomic mass is 32.2. The molecule has 0 spiro atoms. The fourth-order valence-corrected chi connectivity index (χ4v) is 5.50. The van der Waals surface area contributed by atoms with E-state index in [0.29, 0.717) is 48.6 Å². The first-order chi connectivity index (χ1) is 9.98. The Morgan fingerprint density at radius 2 is 2.05 bits per heavy atom. The molecule has 0 bridgehead atoms. The molecule has 0 amide bonds. The normalized spacial score (nSPS) is 21.8. The van der Waals surface area contributed by atoms with Gasteiger partial charge in [-0.15, -0.1) is 0 Å². The van der Waals surface area contributed by atoms with E-state index in [4.69, 9.17) is 0 Å². The van der Waals surface area contributed by atoms with Gasteiger partial charge in [0.1, 0.15) is 4.90 Å². The lowest BCUT2D eigenvalue weighted by Crippen LogP contribution is -2.42. The summed E-state index contributed by atoms with van der Waals surface area (Å²) in [7, 11) is -4.46. The lowest BCUT2D eigenvalue weighted by atomic mass is 10.3. The quantitative estimate of drug-likeness (QED) is 0.773. The molecule has 2 fully saturated rings. The van der Waals surface area contributed by atoms with Crippen LogP contribution < -0.4 is 5.32 Å². The van der Waals surface area contributed by atoms with Crippen molar-refractivity contribution >= 4 is 20.8 Å². The number of rotatable bonds is 5. The van der Waals surface area contributed by atoms with Gasteiger partial charge in [-0.1, -0.05) is 0 Å². The molecule has 2 aliphatic rings.